The molecule has 10 nitrogen and oxygen atoms in total. The van der Waals surface area contributed by atoms with Crippen LogP contribution in [0.3, 0.4) is 0 Å². The van der Waals surface area contributed by atoms with Crippen molar-refractivity contribution in [2.24, 2.45) is 0 Å². The molecular weight excluding hydrogens is 250 g/mol. The van der Waals surface area contributed by atoms with Crippen molar-refractivity contribution in [3.8, 4) is 0 Å². The zero-order chi connectivity index (χ0) is 13.9. The molecule has 18 heavy (non-hydrogen) atoms. The Hall–Kier alpha value is -1.01. The molecule has 0 spiro atoms. The van der Waals surface area contributed by atoms with Gasteiger partial charge in [0.2, 0.25) is 0 Å². The van der Waals surface area contributed by atoms with Crippen molar-refractivity contribution in [2.45, 2.75) is 30.6 Å². The summed E-state index contributed by atoms with van der Waals surface area (Å²) in [4.78, 5) is 11.4. The molecule has 1 aliphatic rings. The number of rotatable bonds is 3. The summed E-state index contributed by atoms with van der Waals surface area (Å²) < 4.78 is 4.82. The molecule has 0 aromatic heterocycles. The number of aliphatic hydroxyl groups is 4. The lowest BCUT2D eigenvalue weighted by molar-refractivity contribution is -0.252. The monoisotopic (exact) mass is 267 g/mol. The maximum atomic E-state index is 11.4. The number of carbonyl (C=O) groups is 1. The highest BCUT2D eigenvalue weighted by Crippen LogP contribution is 2.19. The van der Waals surface area contributed by atoms with Crippen LogP contribution in [0.4, 0.5) is 4.79 Å². The van der Waals surface area contributed by atoms with Gasteiger partial charge in [-0.15, -0.1) is 5.59 Å². The SMILES string of the molecule is CN(NO)C(=O)N[C@@H]1[C@@H](O)[C@H](O)[C@@H](CO)O[C@@H]1O. The standard InChI is InChI=1S/C8H17N3O7/c1-11(10-17)8(16)9-4-6(14)5(13)3(2-12)18-7(4)15/h3-7,10,12-15,17H,2H2,1H3,(H,9,16)/t3-,4-,5-,6-,7+/m1/s1. The van der Waals surface area contributed by atoms with Crippen LogP contribution in [-0.4, -0.2) is 81.0 Å². The van der Waals surface area contributed by atoms with Crippen LogP contribution in [0.2, 0.25) is 0 Å². The van der Waals surface area contributed by atoms with Gasteiger partial charge in [0.25, 0.3) is 0 Å². The summed E-state index contributed by atoms with van der Waals surface area (Å²) in [5.41, 5.74) is 1.53. The van der Waals surface area contributed by atoms with Crippen molar-refractivity contribution in [1.82, 2.24) is 15.9 Å². The van der Waals surface area contributed by atoms with E-state index < -0.39 is 43.3 Å². The van der Waals surface area contributed by atoms with Gasteiger partial charge in [0.1, 0.15) is 24.4 Å². The average Bonchev–Trinajstić information content (AvgIpc) is 2.37. The normalized spacial score (nSPS) is 36.2. The number of ether oxygens (including phenoxy) is 1. The Bertz CT molecular complexity index is 292. The molecule has 2 amide bonds. The van der Waals surface area contributed by atoms with Crippen LogP contribution in [0.1, 0.15) is 0 Å². The first kappa shape index (κ1) is 15.0. The van der Waals surface area contributed by atoms with E-state index in [0.29, 0.717) is 5.01 Å². The van der Waals surface area contributed by atoms with Gasteiger partial charge in [-0.1, -0.05) is 0 Å². The van der Waals surface area contributed by atoms with Crippen LogP contribution >= 0.6 is 0 Å². The molecule has 1 fully saturated rings. The molecular formula is C8H17N3O7. The zero-order valence-corrected chi connectivity index (χ0v) is 9.59. The van der Waals surface area contributed by atoms with Gasteiger partial charge >= 0.3 is 6.03 Å². The smallest absolute Gasteiger partial charge is 0.333 e. The summed E-state index contributed by atoms with van der Waals surface area (Å²) in [6, 6.07) is -2.16. The van der Waals surface area contributed by atoms with E-state index in [2.05, 4.69) is 5.32 Å². The molecule has 0 radical (unpaired) electrons. The number of nitrogens with one attached hydrogen (secondary N) is 2. The molecule has 10 heteroatoms. The van der Waals surface area contributed by atoms with Gasteiger partial charge in [0.15, 0.2) is 6.29 Å². The second-order valence-corrected chi connectivity index (χ2v) is 3.86. The number of nitrogens with zero attached hydrogens (tertiary/aromatic N) is 1. The van der Waals surface area contributed by atoms with E-state index in [1.54, 1.807) is 0 Å². The van der Waals surface area contributed by atoms with Gasteiger partial charge < -0.3 is 30.5 Å². The zero-order valence-electron chi connectivity index (χ0n) is 9.59. The maximum Gasteiger partial charge on any atom is 0.333 e. The Balaban J connectivity index is 2.68. The van der Waals surface area contributed by atoms with Crippen LogP contribution in [0, 0.1) is 0 Å². The Labute approximate surface area is 102 Å². The topological polar surface area (TPSA) is 155 Å². The number of hydrogen-bond donors (Lipinski definition) is 7. The van der Waals surface area contributed by atoms with E-state index in [0.717, 1.165) is 0 Å². The number of carbonyl (C=O) groups excluding carboxylic acids is 1. The van der Waals surface area contributed by atoms with Crippen LogP contribution in [-0.2, 0) is 4.74 Å². The maximum absolute atomic E-state index is 11.4. The number of hydrogen-bond acceptors (Lipinski definition) is 8. The molecule has 1 rings (SSSR count). The molecule has 0 aromatic carbocycles. The first-order valence-corrected chi connectivity index (χ1v) is 5.16. The van der Waals surface area contributed by atoms with Crippen molar-refractivity contribution in [3.05, 3.63) is 0 Å². The fourth-order valence-corrected chi connectivity index (χ4v) is 1.54. The van der Waals surface area contributed by atoms with E-state index >= 15 is 0 Å². The summed E-state index contributed by atoms with van der Waals surface area (Å²) in [6.45, 7) is -0.589. The largest absolute Gasteiger partial charge is 0.394 e. The first-order valence-electron chi connectivity index (χ1n) is 5.16. The van der Waals surface area contributed by atoms with Crippen molar-refractivity contribution in [2.75, 3.05) is 13.7 Å². The fraction of sp³-hybridized carbons (Fsp3) is 0.875. The molecule has 0 aromatic rings. The molecule has 7 N–H and O–H groups in total. The minimum atomic E-state index is -1.60. The van der Waals surface area contributed by atoms with Crippen molar-refractivity contribution in [3.63, 3.8) is 0 Å². The molecule has 0 saturated carbocycles. The Morgan fingerprint density at radius 3 is 2.44 bits per heavy atom. The Kier molecular flexibility index (Phi) is 5.22. The van der Waals surface area contributed by atoms with Gasteiger partial charge in [-0.3, -0.25) is 5.21 Å². The Morgan fingerprint density at radius 2 is 1.94 bits per heavy atom. The van der Waals surface area contributed by atoms with Crippen LogP contribution in [0.25, 0.3) is 0 Å². The van der Waals surface area contributed by atoms with E-state index in [-0.39, 0.29) is 0 Å². The van der Waals surface area contributed by atoms with Gasteiger partial charge in [-0.2, -0.15) is 0 Å². The average molecular weight is 267 g/mol. The van der Waals surface area contributed by atoms with E-state index in [1.807, 2.05) is 0 Å². The summed E-state index contributed by atoms with van der Waals surface area (Å²) >= 11 is 0. The number of aliphatic hydroxyl groups excluding tert-OH is 4. The lowest BCUT2D eigenvalue weighted by atomic mass is 9.97. The molecule has 1 heterocycles. The molecule has 1 aliphatic heterocycles. The summed E-state index contributed by atoms with van der Waals surface area (Å²) in [6.07, 6.45) is -5.73. The molecule has 0 unspecified atom stereocenters. The predicted molar refractivity (Wildman–Crippen MR) is 55.0 cm³/mol. The number of amides is 2. The lowest BCUT2D eigenvalue weighted by Gasteiger charge is -2.40. The highest BCUT2D eigenvalue weighted by Gasteiger charge is 2.44. The quantitative estimate of drug-likeness (QED) is 0.258. The van der Waals surface area contributed by atoms with Crippen LogP contribution in [0.5, 0.6) is 0 Å². The number of urea groups is 1. The second kappa shape index (κ2) is 6.24. The fourth-order valence-electron chi connectivity index (χ4n) is 1.54. The highest BCUT2D eigenvalue weighted by molar-refractivity contribution is 5.73. The Morgan fingerprint density at radius 1 is 1.33 bits per heavy atom. The summed E-state index contributed by atoms with van der Waals surface area (Å²) in [7, 11) is 1.19. The third-order valence-electron chi connectivity index (χ3n) is 2.64. The van der Waals surface area contributed by atoms with Gasteiger partial charge in [0, 0.05) is 7.05 Å². The van der Waals surface area contributed by atoms with Gasteiger partial charge in [0.05, 0.1) is 6.61 Å². The predicted octanol–water partition coefficient (Wildman–Crippen LogP) is -3.68. The highest BCUT2D eigenvalue weighted by atomic mass is 16.6. The number of hydrazine groups is 1. The minimum Gasteiger partial charge on any atom is -0.394 e. The molecule has 5 atom stereocenters. The molecule has 1 saturated heterocycles. The molecule has 106 valence electrons. The minimum absolute atomic E-state index is 0.589. The van der Waals surface area contributed by atoms with Crippen LogP contribution in [0.15, 0.2) is 0 Å². The molecule has 0 aliphatic carbocycles. The molecule has 0 bridgehead atoms. The summed E-state index contributed by atoms with van der Waals surface area (Å²) in [5, 5.41) is 48.9. The summed E-state index contributed by atoms with van der Waals surface area (Å²) in [5.74, 6) is 0. The third kappa shape index (κ3) is 3.05. The van der Waals surface area contributed by atoms with E-state index in [1.165, 1.54) is 12.6 Å². The first-order chi connectivity index (χ1) is 8.42. The van der Waals surface area contributed by atoms with Crippen molar-refractivity contribution < 1.29 is 35.2 Å². The van der Waals surface area contributed by atoms with Crippen molar-refractivity contribution >= 4 is 6.03 Å². The van der Waals surface area contributed by atoms with Crippen LogP contribution < -0.4 is 10.9 Å². The lowest BCUT2D eigenvalue weighted by Crippen LogP contribution is -2.65. The van der Waals surface area contributed by atoms with Crippen molar-refractivity contribution in [1.29, 1.82) is 0 Å². The van der Waals surface area contributed by atoms with E-state index in [4.69, 9.17) is 15.1 Å². The van der Waals surface area contributed by atoms with Gasteiger partial charge in [-0.25, -0.2) is 9.80 Å². The second-order valence-electron chi connectivity index (χ2n) is 3.86. The van der Waals surface area contributed by atoms with Gasteiger partial charge in [-0.05, 0) is 0 Å². The third-order valence-corrected chi connectivity index (χ3v) is 2.64. The van der Waals surface area contributed by atoms with E-state index in [9.17, 15) is 20.1 Å².